The second kappa shape index (κ2) is 8.83. The topological polar surface area (TPSA) is 77.3 Å². The van der Waals surface area contributed by atoms with E-state index >= 15 is 0 Å². The van der Waals surface area contributed by atoms with Crippen molar-refractivity contribution < 1.29 is 13.2 Å². The molecule has 1 aliphatic rings. The standard InChI is InChI=1S/C22H28N4O3S/c1-3-4-17-5-7-19(8-6-17)30(27,28)25-12-10-18(16-25)22-24-20-9-11-23-15-21(20)26(22)13-14-29-2/h5-9,11,15,18H,3-4,10,12-14,16H2,1-2H3/t18-/m0/s1. The van der Waals surface area contributed by atoms with Crippen LogP contribution in [0.4, 0.5) is 0 Å². The van der Waals surface area contributed by atoms with Crippen LogP contribution < -0.4 is 0 Å². The van der Waals surface area contributed by atoms with Gasteiger partial charge >= 0.3 is 0 Å². The molecule has 7 nitrogen and oxygen atoms in total. The summed E-state index contributed by atoms with van der Waals surface area (Å²) in [6, 6.07) is 9.19. The molecule has 1 saturated heterocycles. The highest BCUT2D eigenvalue weighted by Gasteiger charge is 2.35. The van der Waals surface area contributed by atoms with Crippen LogP contribution >= 0.6 is 0 Å². The summed E-state index contributed by atoms with van der Waals surface area (Å²) in [5.41, 5.74) is 3.00. The van der Waals surface area contributed by atoms with E-state index in [9.17, 15) is 8.42 Å². The van der Waals surface area contributed by atoms with Gasteiger partial charge in [0.25, 0.3) is 0 Å². The normalized spacial score (nSPS) is 17.7. The van der Waals surface area contributed by atoms with Crippen molar-refractivity contribution in [1.82, 2.24) is 18.8 Å². The second-order valence-corrected chi connectivity index (χ2v) is 9.66. The molecule has 2 aromatic heterocycles. The monoisotopic (exact) mass is 428 g/mol. The van der Waals surface area contributed by atoms with Crippen molar-refractivity contribution in [3.05, 3.63) is 54.1 Å². The molecule has 160 valence electrons. The molecule has 3 aromatic rings. The van der Waals surface area contributed by atoms with Gasteiger partial charge < -0.3 is 9.30 Å². The molecule has 0 aliphatic carbocycles. The molecule has 3 heterocycles. The van der Waals surface area contributed by atoms with Crippen LogP contribution in [0.15, 0.2) is 47.6 Å². The van der Waals surface area contributed by atoms with Crippen LogP contribution in [0.5, 0.6) is 0 Å². The lowest BCUT2D eigenvalue weighted by atomic mass is 10.1. The quantitative estimate of drug-likeness (QED) is 0.551. The number of nitrogens with zero attached hydrogens (tertiary/aromatic N) is 4. The zero-order valence-corrected chi connectivity index (χ0v) is 18.3. The minimum atomic E-state index is -3.51. The van der Waals surface area contributed by atoms with Crippen molar-refractivity contribution in [2.45, 2.75) is 43.5 Å². The van der Waals surface area contributed by atoms with Crippen LogP contribution in [-0.2, 0) is 27.7 Å². The van der Waals surface area contributed by atoms with Gasteiger partial charge in [-0.25, -0.2) is 13.4 Å². The maximum Gasteiger partial charge on any atom is 0.243 e. The third-order valence-corrected chi connectivity index (χ3v) is 7.59. The Hall–Kier alpha value is -2.29. The molecule has 0 unspecified atom stereocenters. The van der Waals surface area contributed by atoms with Gasteiger partial charge in [0, 0.05) is 38.9 Å². The van der Waals surface area contributed by atoms with Crippen molar-refractivity contribution in [1.29, 1.82) is 0 Å². The van der Waals surface area contributed by atoms with E-state index in [-0.39, 0.29) is 5.92 Å². The van der Waals surface area contributed by atoms with E-state index in [0.717, 1.165) is 41.7 Å². The van der Waals surface area contributed by atoms with Crippen molar-refractivity contribution in [2.75, 3.05) is 26.8 Å². The molecule has 0 radical (unpaired) electrons. The van der Waals surface area contributed by atoms with Crippen LogP contribution in [0.1, 0.15) is 37.1 Å². The summed E-state index contributed by atoms with van der Waals surface area (Å²) in [4.78, 5) is 9.40. The Morgan fingerprint density at radius 1 is 1.20 bits per heavy atom. The van der Waals surface area contributed by atoms with E-state index in [1.54, 1.807) is 29.7 Å². The lowest BCUT2D eigenvalue weighted by Gasteiger charge is -2.17. The molecule has 0 amide bonds. The number of rotatable bonds is 8. The number of benzene rings is 1. The summed E-state index contributed by atoms with van der Waals surface area (Å²) in [7, 11) is -1.84. The Kier molecular flexibility index (Phi) is 6.17. The van der Waals surface area contributed by atoms with E-state index in [1.165, 1.54) is 0 Å². The fraction of sp³-hybridized carbons (Fsp3) is 0.455. The molecular formula is C22H28N4O3S. The summed E-state index contributed by atoms with van der Waals surface area (Å²) >= 11 is 0. The minimum absolute atomic E-state index is 0.0448. The minimum Gasteiger partial charge on any atom is -0.383 e. The van der Waals surface area contributed by atoms with E-state index in [1.807, 2.05) is 24.4 Å². The van der Waals surface area contributed by atoms with E-state index in [0.29, 0.717) is 31.1 Å². The van der Waals surface area contributed by atoms with Gasteiger partial charge in [0.05, 0.1) is 28.7 Å². The number of imidazole rings is 1. The van der Waals surface area contributed by atoms with Gasteiger partial charge in [-0.2, -0.15) is 4.31 Å². The highest BCUT2D eigenvalue weighted by atomic mass is 32.2. The van der Waals surface area contributed by atoms with Crippen LogP contribution in [-0.4, -0.2) is 54.1 Å². The molecule has 0 saturated carbocycles. The third kappa shape index (κ3) is 3.99. The average Bonchev–Trinajstić information content (AvgIpc) is 3.38. The number of aryl methyl sites for hydroxylation is 1. The van der Waals surface area contributed by atoms with Gasteiger partial charge in [-0.05, 0) is 36.6 Å². The second-order valence-electron chi connectivity index (χ2n) is 7.72. The van der Waals surface area contributed by atoms with Crippen molar-refractivity contribution in [3.8, 4) is 0 Å². The largest absolute Gasteiger partial charge is 0.383 e. The number of hydrogen-bond donors (Lipinski definition) is 0. The van der Waals surface area contributed by atoms with E-state index in [4.69, 9.17) is 9.72 Å². The first-order valence-corrected chi connectivity index (χ1v) is 11.9. The average molecular weight is 429 g/mol. The van der Waals surface area contributed by atoms with Gasteiger partial charge in [0.15, 0.2) is 0 Å². The number of hydrogen-bond acceptors (Lipinski definition) is 5. The first-order chi connectivity index (χ1) is 14.5. The maximum absolute atomic E-state index is 13.2. The molecule has 1 aromatic carbocycles. The highest BCUT2D eigenvalue weighted by Crippen LogP contribution is 2.32. The molecular weight excluding hydrogens is 400 g/mol. The number of sulfonamides is 1. The first-order valence-electron chi connectivity index (χ1n) is 10.4. The molecule has 1 aliphatic heterocycles. The number of fused-ring (bicyclic) bond motifs is 1. The van der Waals surface area contributed by atoms with E-state index in [2.05, 4.69) is 16.5 Å². The highest BCUT2D eigenvalue weighted by molar-refractivity contribution is 7.89. The van der Waals surface area contributed by atoms with Crippen LogP contribution in [0, 0.1) is 0 Å². The Morgan fingerprint density at radius 2 is 2.00 bits per heavy atom. The summed E-state index contributed by atoms with van der Waals surface area (Å²) in [5, 5.41) is 0. The number of methoxy groups -OCH3 is 1. The molecule has 0 bridgehead atoms. The fourth-order valence-electron chi connectivity index (χ4n) is 4.14. The van der Waals surface area contributed by atoms with Gasteiger partial charge in [-0.3, -0.25) is 4.98 Å². The third-order valence-electron chi connectivity index (χ3n) is 5.72. The Labute approximate surface area is 177 Å². The summed E-state index contributed by atoms with van der Waals surface area (Å²) in [6.45, 7) is 4.27. The molecule has 4 rings (SSSR count). The van der Waals surface area contributed by atoms with Crippen molar-refractivity contribution in [2.24, 2.45) is 0 Å². The zero-order chi connectivity index (χ0) is 21.1. The molecule has 1 atom stereocenters. The van der Waals surface area contributed by atoms with Gasteiger partial charge in [0.1, 0.15) is 5.82 Å². The molecule has 8 heteroatoms. The molecule has 30 heavy (non-hydrogen) atoms. The summed E-state index contributed by atoms with van der Waals surface area (Å²) < 4.78 is 35.3. The molecule has 1 fully saturated rings. The number of ether oxygens (including phenoxy) is 1. The zero-order valence-electron chi connectivity index (χ0n) is 17.5. The Bertz CT molecular complexity index is 1110. The van der Waals surface area contributed by atoms with E-state index < -0.39 is 10.0 Å². The van der Waals surface area contributed by atoms with Crippen LogP contribution in [0.25, 0.3) is 11.0 Å². The Morgan fingerprint density at radius 3 is 2.73 bits per heavy atom. The fourth-order valence-corrected chi connectivity index (χ4v) is 5.64. The Balaban J connectivity index is 1.58. The number of aromatic nitrogens is 3. The number of pyridine rings is 1. The van der Waals surface area contributed by atoms with Crippen molar-refractivity contribution in [3.63, 3.8) is 0 Å². The van der Waals surface area contributed by atoms with Crippen LogP contribution in [0.3, 0.4) is 0 Å². The predicted molar refractivity (Wildman–Crippen MR) is 116 cm³/mol. The maximum atomic E-state index is 13.2. The lowest BCUT2D eigenvalue weighted by molar-refractivity contribution is 0.187. The van der Waals surface area contributed by atoms with Crippen LogP contribution in [0.2, 0.25) is 0 Å². The molecule has 0 N–H and O–H groups in total. The predicted octanol–water partition coefficient (Wildman–Crippen LogP) is 3.21. The lowest BCUT2D eigenvalue weighted by Crippen LogP contribution is -2.29. The molecule has 0 spiro atoms. The summed E-state index contributed by atoms with van der Waals surface area (Å²) in [5.74, 6) is 0.953. The van der Waals surface area contributed by atoms with Gasteiger partial charge in [-0.1, -0.05) is 25.5 Å². The van der Waals surface area contributed by atoms with Gasteiger partial charge in [0.2, 0.25) is 10.0 Å². The SMILES string of the molecule is CCCc1ccc(S(=O)(=O)N2CC[C@H](c3nc4ccncc4n3CCOC)C2)cc1. The van der Waals surface area contributed by atoms with Crippen molar-refractivity contribution >= 4 is 21.1 Å². The summed E-state index contributed by atoms with van der Waals surface area (Å²) in [6.07, 6.45) is 6.28. The smallest absolute Gasteiger partial charge is 0.243 e. The van der Waals surface area contributed by atoms with Gasteiger partial charge in [-0.15, -0.1) is 0 Å². The first kappa shape index (κ1) is 21.0.